The van der Waals surface area contributed by atoms with Gasteiger partial charge in [-0.05, 0) is 25.9 Å². The summed E-state index contributed by atoms with van der Waals surface area (Å²) in [6, 6.07) is 0. The number of ether oxygens (including phenoxy) is 1. The first-order chi connectivity index (χ1) is 10.2. The average Bonchev–Trinajstić information content (AvgIpc) is 3.06. The number of hydrogen-bond donors (Lipinski definition) is 0. The summed E-state index contributed by atoms with van der Waals surface area (Å²) in [6.07, 6.45) is 1.56. The molecule has 0 aliphatic carbocycles. The number of likely N-dealkylation sites (N-methyl/N-ethyl adjacent to an activating group) is 1. The molecule has 2 fully saturated rings. The van der Waals surface area contributed by atoms with Gasteiger partial charge in [-0.25, -0.2) is 0 Å². The highest BCUT2D eigenvalue weighted by Gasteiger charge is 2.31. The van der Waals surface area contributed by atoms with Gasteiger partial charge in [-0.1, -0.05) is 13.8 Å². The lowest BCUT2D eigenvalue weighted by Crippen LogP contribution is -2.54. The van der Waals surface area contributed by atoms with Gasteiger partial charge in [-0.3, -0.25) is 14.5 Å². The Bertz CT molecular complexity index is 357. The lowest BCUT2D eigenvalue weighted by atomic mass is 10.2. The van der Waals surface area contributed by atoms with Crippen LogP contribution in [-0.4, -0.2) is 85.0 Å². The molecular formula is C15H27N3O3. The van der Waals surface area contributed by atoms with Crippen molar-refractivity contribution in [2.75, 3.05) is 52.4 Å². The summed E-state index contributed by atoms with van der Waals surface area (Å²) in [5.74, 6) is 0.270. The summed E-state index contributed by atoms with van der Waals surface area (Å²) >= 11 is 0. The molecular weight excluding hydrogens is 270 g/mol. The van der Waals surface area contributed by atoms with Gasteiger partial charge in [0.1, 0.15) is 6.10 Å². The summed E-state index contributed by atoms with van der Waals surface area (Å²) < 4.78 is 5.45. The van der Waals surface area contributed by atoms with Crippen LogP contribution in [0.5, 0.6) is 0 Å². The highest BCUT2D eigenvalue weighted by Crippen LogP contribution is 2.16. The van der Waals surface area contributed by atoms with Crippen molar-refractivity contribution in [3.05, 3.63) is 0 Å². The zero-order valence-electron chi connectivity index (χ0n) is 13.2. The predicted octanol–water partition coefficient (Wildman–Crippen LogP) is 0.178. The van der Waals surface area contributed by atoms with Crippen molar-refractivity contribution in [2.45, 2.75) is 32.8 Å². The van der Waals surface area contributed by atoms with Crippen molar-refractivity contribution >= 4 is 11.8 Å². The van der Waals surface area contributed by atoms with E-state index in [1.807, 2.05) is 9.80 Å². The summed E-state index contributed by atoms with van der Waals surface area (Å²) in [5, 5.41) is 0. The van der Waals surface area contributed by atoms with Crippen molar-refractivity contribution < 1.29 is 14.3 Å². The van der Waals surface area contributed by atoms with Crippen molar-refractivity contribution in [2.24, 2.45) is 0 Å². The molecule has 2 aliphatic rings. The van der Waals surface area contributed by atoms with E-state index in [1.54, 1.807) is 0 Å². The van der Waals surface area contributed by atoms with Gasteiger partial charge >= 0.3 is 0 Å². The van der Waals surface area contributed by atoms with Gasteiger partial charge in [0.05, 0.1) is 6.54 Å². The molecule has 120 valence electrons. The van der Waals surface area contributed by atoms with E-state index in [4.69, 9.17) is 4.74 Å². The minimum absolute atomic E-state index is 0.100. The van der Waals surface area contributed by atoms with Gasteiger partial charge in [0.2, 0.25) is 5.91 Å². The number of nitrogens with zero attached hydrogens (tertiary/aromatic N) is 3. The van der Waals surface area contributed by atoms with Crippen LogP contribution in [-0.2, 0) is 14.3 Å². The highest BCUT2D eigenvalue weighted by atomic mass is 16.5. The molecule has 2 rings (SSSR count). The number of carbonyl (C=O) groups excluding carboxylic acids is 2. The van der Waals surface area contributed by atoms with Gasteiger partial charge in [0.25, 0.3) is 5.91 Å². The van der Waals surface area contributed by atoms with Gasteiger partial charge in [-0.15, -0.1) is 0 Å². The van der Waals surface area contributed by atoms with E-state index in [0.29, 0.717) is 39.3 Å². The van der Waals surface area contributed by atoms with Crippen LogP contribution in [0, 0.1) is 0 Å². The maximum absolute atomic E-state index is 12.2. The summed E-state index contributed by atoms with van der Waals surface area (Å²) in [5.41, 5.74) is 0. The number of hydrogen-bond acceptors (Lipinski definition) is 4. The third-order valence-corrected chi connectivity index (χ3v) is 4.40. The Morgan fingerprint density at radius 1 is 1.10 bits per heavy atom. The van der Waals surface area contributed by atoms with Crippen LogP contribution in [0.4, 0.5) is 0 Å². The molecule has 0 N–H and O–H groups in total. The van der Waals surface area contributed by atoms with Gasteiger partial charge < -0.3 is 14.5 Å². The van der Waals surface area contributed by atoms with E-state index in [0.717, 1.165) is 25.9 Å². The molecule has 1 unspecified atom stereocenters. The molecule has 2 heterocycles. The Kier molecular flexibility index (Phi) is 5.99. The lowest BCUT2D eigenvalue weighted by molar-refractivity contribution is -0.146. The Labute approximate surface area is 127 Å². The number of rotatable bonds is 5. The van der Waals surface area contributed by atoms with Crippen LogP contribution < -0.4 is 0 Å². The van der Waals surface area contributed by atoms with Crippen molar-refractivity contribution in [3.8, 4) is 0 Å². The van der Waals surface area contributed by atoms with E-state index >= 15 is 0 Å². The molecule has 2 aliphatic heterocycles. The smallest absolute Gasteiger partial charge is 0.251 e. The molecule has 0 aromatic rings. The minimum atomic E-state index is -0.247. The number of amides is 2. The second-order valence-electron chi connectivity index (χ2n) is 5.67. The molecule has 0 saturated carbocycles. The molecule has 0 bridgehead atoms. The fourth-order valence-electron chi connectivity index (χ4n) is 2.89. The van der Waals surface area contributed by atoms with Crippen molar-refractivity contribution in [3.63, 3.8) is 0 Å². The van der Waals surface area contributed by atoms with Crippen molar-refractivity contribution in [1.82, 2.24) is 14.7 Å². The highest BCUT2D eigenvalue weighted by molar-refractivity contribution is 5.82. The van der Waals surface area contributed by atoms with E-state index in [9.17, 15) is 9.59 Å². The van der Waals surface area contributed by atoms with Gasteiger partial charge in [-0.2, -0.15) is 0 Å². The van der Waals surface area contributed by atoms with Crippen LogP contribution in [0.15, 0.2) is 0 Å². The minimum Gasteiger partial charge on any atom is -0.368 e. The number of carbonyl (C=O) groups is 2. The zero-order valence-corrected chi connectivity index (χ0v) is 13.2. The van der Waals surface area contributed by atoms with Gasteiger partial charge in [0, 0.05) is 32.8 Å². The molecule has 0 spiro atoms. The quantitative estimate of drug-likeness (QED) is 0.726. The Balaban J connectivity index is 1.77. The molecule has 21 heavy (non-hydrogen) atoms. The topological polar surface area (TPSA) is 53.1 Å². The largest absolute Gasteiger partial charge is 0.368 e. The molecule has 2 saturated heterocycles. The first-order valence-electron chi connectivity index (χ1n) is 8.06. The summed E-state index contributed by atoms with van der Waals surface area (Å²) in [7, 11) is 0. The molecule has 6 nitrogen and oxygen atoms in total. The van der Waals surface area contributed by atoms with E-state index in [-0.39, 0.29) is 17.9 Å². The van der Waals surface area contributed by atoms with E-state index in [2.05, 4.69) is 18.7 Å². The van der Waals surface area contributed by atoms with Crippen LogP contribution in [0.3, 0.4) is 0 Å². The van der Waals surface area contributed by atoms with Crippen LogP contribution in [0.2, 0.25) is 0 Å². The van der Waals surface area contributed by atoms with Crippen LogP contribution >= 0.6 is 0 Å². The molecule has 0 aromatic heterocycles. The first kappa shape index (κ1) is 16.2. The summed E-state index contributed by atoms with van der Waals surface area (Å²) in [6.45, 7) is 9.61. The Morgan fingerprint density at radius 2 is 1.71 bits per heavy atom. The normalized spacial score (nSPS) is 22.9. The lowest BCUT2D eigenvalue weighted by Gasteiger charge is -2.36. The molecule has 6 heteroatoms. The van der Waals surface area contributed by atoms with E-state index < -0.39 is 0 Å². The number of piperazine rings is 1. The maximum Gasteiger partial charge on any atom is 0.251 e. The average molecular weight is 297 g/mol. The second kappa shape index (κ2) is 7.75. The third-order valence-electron chi connectivity index (χ3n) is 4.40. The summed E-state index contributed by atoms with van der Waals surface area (Å²) in [4.78, 5) is 30.3. The second-order valence-corrected chi connectivity index (χ2v) is 5.67. The molecule has 1 atom stereocenters. The third kappa shape index (κ3) is 4.17. The molecule has 0 radical (unpaired) electrons. The maximum atomic E-state index is 12.2. The van der Waals surface area contributed by atoms with Crippen molar-refractivity contribution in [1.29, 1.82) is 0 Å². The predicted molar refractivity (Wildman–Crippen MR) is 79.9 cm³/mol. The SMILES string of the molecule is CCN(CC)CC(=O)N1CCN(C(=O)C2CCCO2)CC1. The standard InChI is InChI=1S/C15H27N3O3/c1-3-16(4-2)12-14(19)17-7-9-18(10-8-17)15(20)13-6-5-11-21-13/h13H,3-12H2,1-2H3. The fraction of sp³-hybridized carbons (Fsp3) is 0.867. The fourth-order valence-corrected chi connectivity index (χ4v) is 2.89. The Hall–Kier alpha value is -1.14. The van der Waals surface area contributed by atoms with Gasteiger partial charge in [0.15, 0.2) is 0 Å². The van der Waals surface area contributed by atoms with E-state index in [1.165, 1.54) is 0 Å². The Morgan fingerprint density at radius 3 is 2.24 bits per heavy atom. The molecule has 2 amide bonds. The zero-order chi connectivity index (χ0) is 15.2. The van der Waals surface area contributed by atoms with Crippen LogP contribution in [0.1, 0.15) is 26.7 Å². The molecule has 0 aromatic carbocycles. The van der Waals surface area contributed by atoms with Crippen LogP contribution in [0.25, 0.3) is 0 Å². The first-order valence-corrected chi connectivity index (χ1v) is 8.06. The monoisotopic (exact) mass is 297 g/mol.